The Bertz CT molecular complexity index is 616. The van der Waals surface area contributed by atoms with E-state index in [0.29, 0.717) is 22.1 Å². The van der Waals surface area contributed by atoms with Crippen molar-refractivity contribution in [2.45, 2.75) is 63.5 Å². The zero-order chi connectivity index (χ0) is 18.0. The molecule has 2 fully saturated rings. The van der Waals surface area contributed by atoms with E-state index < -0.39 is 0 Å². The molecule has 25 heavy (non-hydrogen) atoms. The molecule has 1 amide bonds. The Labute approximate surface area is 161 Å². The minimum absolute atomic E-state index is 0.175. The van der Waals surface area contributed by atoms with E-state index in [1.807, 2.05) is 31.0 Å². The maximum Gasteiger partial charge on any atom is 0.229 e. The van der Waals surface area contributed by atoms with Crippen LogP contribution in [-0.4, -0.2) is 47.9 Å². The van der Waals surface area contributed by atoms with E-state index in [2.05, 4.69) is 4.90 Å². The second-order valence-corrected chi connectivity index (χ2v) is 8.32. The average molecular weight is 383 g/mol. The SMILES string of the molecule is CC(C(=O)N(C)[C@@H]1CCCC[C@H]1N1CCCC1)c1ccc(Cl)c(Cl)c1. The number of likely N-dealkylation sites (tertiary alicyclic amines) is 1. The third-order valence-electron chi connectivity index (χ3n) is 5.96. The molecule has 1 aromatic carbocycles. The minimum Gasteiger partial charge on any atom is -0.341 e. The fourth-order valence-electron chi connectivity index (χ4n) is 4.44. The molecule has 0 spiro atoms. The average Bonchev–Trinajstić information content (AvgIpc) is 3.16. The number of hydrogen-bond donors (Lipinski definition) is 0. The highest BCUT2D eigenvalue weighted by Gasteiger charge is 2.36. The summed E-state index contributed by atoms with van der Waals surface area (Å²) < 4.78 is 0. The molecule has 0 bridgehead atoms. The molecule has 1 aromatic rings. The highest BCUT2D eigenvalue weighted by Crippen LogP contribution is 2.32. The molecule has 1 unspecified atom stereocenters. The first-order valence-electron chi connectivity index (χ1n) is 9.44. The van der Waals surface area contributed by atoms with Gasteiger partial charge in [0.05, 0.1) is 16.0 Å². The second kappa shape index (κ2) is 8.28. The number of likely N-dealkylation sites (N-methyl/N-ethyl adjacent to an activating group) is 1. The number of rotatable bonds is 4. The first-order valence-corrected chi connectivity index (χ1v) is 10.2. The van der Waals surface area contributed by atoms with Crippen molar-refractivity contribution in [3.63, 3.8) is 0 Å². The van der Waals surface area contributed by atoms with Gasteiger partial charge in [-0.3, -0.25) is 9.69 Å². The van der Waals surface area contributed by atoms with Gasteiger partial charge in [-0.1, -0.05) is 42.1 Å². The summed E-state index contributed by atoms with van der Waals surface area (Å²) in [4.78, 5) is 17.7. The summed E-state index contributed by atoms with van der Waals surface area (Å²) in [5.41, 5.74) is 0.930. The normalized spacial score (nSPS) is 25.8. The lowest BCUT2D eigenvalue weighted by molar-refractivity contribution is -0.135. The lowest BCUT2D eigenvalue weighted by atomic mass is 9.87. The Hall–Kier alpha value is -0.770. The van der Waals surface area contributed by atoms with Crippen molar-refractivity contribution in [1.29, 1.82) is 0 Å². The van der Waals surface area contributed by atoms with Crippen molar-refractivity contribution >= 4 is 29.1 Å². The molecule has 0 radical (unpaired) electrons. The van der Waals surface area contributed by atoms with Crippen molar-refractivity contribution < 1.29 is 4.79 Å². The summed E-state index contributed by atoms with van der Waals surface area (Å²) in [6, 6.07) is 6.34. The summed E-state index contributed by atoms with van der Waals surface area (Å²) in [7, 11) is 1.98. The molecule has 1 aliphatic carbocycles. The smallest absolute Gasteiger partial charge is 0.229 e. The summed E-state index contributed by atoms with van der Waals surface area (Å²) >= 11 is 12.1. The van der Waals surface area contributed by atoms with Gasteiger partial charge in [0.15, 0.2) is 0 Å². The van der Waals surface area contributed by atoms with E-state index in [-0.39, 0.29) is 11.8 Å². The molecular weight excluding hydrogens is 355 g/mol. The first-order chi connectivity index (χ1) is 12.0. The van der Waals surface area contributed by atoms with Gasteiger partial charge in [0, 0.05) is 19.1 Å². The predicted octanol–water partition coefficient (Wildman–Crippen LogP) is 4.96. The van der Waals surface area contributed by atoms with E-state index in [4.69, 9.17) is 23.2 Å². The van der Waals surface area contributed by atoms with E-state index in [1.165, 1.54) is 45.2 Å². The van der Waals surface area contributed by atoms with Crippen LogP contribution in [0.15, 0.2) is 18.2 Å². The van der Waals surface area contributed by atoms with Crippen LogP contribution in [0.1, 0.15) is 56.9 Å². The molecular formula is C20H28Cl2N2O. The van der Waals surface area contributed by atoms with Crippen molar-refractivity contribution in [2.24, 2.45) is 0 Å². The van der Waals surface area contributed by atoms with Crippen molar-refractivity contribution in [3.8, 4) is 0 Å². The van der Waals surface area contributed by atoms with Gasteiger partial charge in [-0.2, -0.15) is 0 Å². The maximum atomic E-state index is 13.1. The molecule has 0 aromatic heterocycles. The highest BCUT2D eigenvalue weighted by atomic mass is 35.5. The van der Waals surface area contributed by atoms with Crippen LogP contribution in [0.2, 0.25) is 10.0 Å². The lowest BCUT2D eigenvalue weighted by Crippen LogP contribution is -2.53. The quantitative estimate of drug-likeness (QED) is 0.734. The summed E-state index contributed by atoms with van der Waals surface area (Å²) in [5, 5.41) is 1.04. The Balaban J connectivity index is 1.74. The number of benzene rings is 1. The summed E-state index contributed by atoms with van der Waals surface area (Å²) in [6.07, 6.45) is 7.40. The third kappa shape index (κ3) is 4.15. The first kappa shape index (κ1) is 19.0. The largest absolute Gasteiger partial charge is 0.341 e. The zero-order valence-electron chi connectivity index (χ0n) is 15.2. The topological polar surface area (TPSA) is 23.6 Å². The Morgan fingerprint density at radius 1 is 1.12 bits per heavy atom. The minimum atomic E-state index is -0.207. The standard InChI is InChI=1S/C20H28Cl2N2O/c1-14(15-9-10-16(21)17(22)13-15)20(25)23(2)18-7-3-4-8-19(18)24-11-5-6-12-24/h9-10,13-14,18-19H,3-8,11-12H2,1-2H3/t14?,18-,19-/m1/s1. The van der Waals surface area contributed by atoms with Gasteiger partial charge in [0.2, 0.25) is 5.91 Å². The van der Waals surface area contributed by atoms with Crippen LogP contribution in [0.25, 0.3) is 0 Å². The number of halogens is 2. The monoisotopic (exact) mass is 382 g/mol. The van der Waals surface area contributed by atoms with Crippen LogP contribution in [0.4, 0.5) is 0 Å². The van der Waals surface area contributed by atoms with E-state index >= 15 is 0 Å². The molecule has 3 rings (SSSR count). The third-order valence-corrected chi connectivity index (χ3v) is 6.70. The van der Waals surface area contributed by atoms with E-state index in [0.717, 1.165) is 12.0 Å². The second-order valence-electron chi connectivity index (χ2n) is 7.51. The molecule has 138 valence electrons. The van der Waals surface area contributed by atoms with Crippen LogP contribution in [-0.2, 0) is 4.79 Å². The van der Waals surface area contributed by atoms with Crippen LogP contribution < -0.4 is 0 Å². The molecule has 1 heterocycles. The van der Waals surface area contributed by atoms with Crippen LogP contribution >= 0.6 is 23.2 Å². The summed E-state index contributed by atoms with van der Waals surface area (Å²) in [5.74, 6) is -0.0320. The fraction of sp³-hybridized carbons (Fsp3) is 0.650. The van der Waals surface area contributed by atoms with Crippen LogP contribution in [0.5, 0.6) is 0 Å². The van der Waals surface area contributed by atoms with Gasteiger partial charge in [0.1, 0.15) is 0 Å². The fourth-order valence-corrected chi connectivity index (χ4v) is 4.74. The Morgan fingerprint density at radius 2 is 1.80 bits per heavy atom. The number of carbonyl (C=O) groups excluding carboxylic acids is 1. The molecule has 2 aliphatic rings. The number of amides is 1. The summed E-state index contributed by atoms with van der Waals surface area (Å²) in [6.45, 7) is 4.34. The van der Waals surface area contributed by atoms with Gasteiger partial charge in [0.25, 0.3) is 0 Å². The molecule has 3 nitrogen and oxygen atoms in total. The Kier molecular flexibility index (Phi) is 6.30. The number of carbonyl (C=O) groups is 1. The Morgan fingerprint density at radius 3 is 2.48 bits per heavy atom. The highest BCUT2D eigenvalue weighted by molar-refractivity contribution is 6.42. The van der Waals surface area contributed by atoms with Gasteiger partial charge >= 0.3 is 0 Å². The van der Waals surface area contributed by atoms with Crippen molar-refractivity contribution in [3.05, 3.63) is 33.8 Å². The van der Waals surface area contributed by atoms with Gasteiger partial charge < -0.3 is 4.90 Å². The van der Waals surface area contributed by atoms with Crippen LogP contribution in [0, 0.1) is 0 Å². The zero-order valence-corrected chi connectivity index (χ0v) is 16.7. The maximum absolute atomic E-state index is 13.1. The van der Waals surface area contributed by atoms with E-state index in [9.17, 15) is 4.79 Å². The molecule has 0 N–H and O–H groups in total. The van der Waals surface area contributed by atoms with Crippen LogP contribution in [0.3, 0.4) is 0 Å². The molecule has 1 saturated carbocycles. The van der Waals surface area contributed by atoms with Gasteiger partial charge in [-0.25, -0.2) is 0 Å². The predicted molar refractivity (Wildman–Crippen MR) is 104 cm³/mol. The molecule has 5 heteroatoms. The lowest BCUT2D eigenvalue weighted by Gasteiger charge is -2.43. The molecule has 1 saturated heterocycles. The number of hydrogen-bond acceptors (Lipinski definition) is 2. The van der Waals surface area contributed by atoms with Crippen molar-refractivity contribution in [2.75, 3.05) is 20.1 Å². The molecule has 1 aliphatic heterocycles. The van der Waals surface area contributed by atoms with E-state index in [1.54, 1.807) is 6.07 Å². The van der Waals surface area contributed by atoms with Gasteiger partial charge in [-0.15, -0.1) is 0 Å². The molecule has 3 atom stereocenters. The van der Waals surface area contributed by atoms with Crippen molar-refractivity contribution in [1.82, 2.24) is 9.80 Å². The number of nitrogens with zero attached hydrogens (tertiary/aromatic N) is 2. The van der Waals surface area contributed by atoms with Gasteiger partial charge in [-0.05, 0) is 63.4 Å².